The van der Waals surface area contributed by atoms with Crippen molar-refractivity contribution in [2.24, 2.45) is 0 Å². The molecule has 5 nitrogen and oxygen atoms in total. The second-order valence-electron chi connectivity index (χ2n) is 6.64. The maximum absolute atomic E-state index is 11.0. The highest BCUT2D eigenvalue weighted by atomic mass is 16.4. The van der Waals surface area contributed by atoms with E-state index < -0.39 is 5.97 Å². The van der Waals surface area contributed by atoms with E-state index >= 15 is 0 Å². The number of aromatic nitrogens is 2. The quantitative estimate of drug-likeness (QED) is 0.914. The highest BCUT2D eigenvalue weighted by molar-refractivity contribution is 5.71. The van der Waals surface area contributed by atoms with Crippen LogP contribution >= 0.6 is 0 Å². The molecule has 0 amide bonds. The van der Waals surface area contributed by atoms with Gasteiger partial charge in [-0.2, -0.15) is 5.10 Å². The number of likely N-dealkylation sites (tertiary alicyclic amines) is 1. The van der Waals surface area contributed by atoms with Crippen molar-refractivity contribution in [1.29, 1.82) is 0 Å². The molecule has 1 N–H and O–H groups in total. The lowest BCUT2D eigenvalue weighted by atomic mass is 9.99. The maximum Gasteiger partial charge on any atom is 0.325 e. The molecule has 2 aromatic rings. The first-order valence-electron chi connectivity index (χ1n) is 8.57. The van der Waals surface area contributed by atoms with Crippen molar-refractivity contribution in [2.45, 2.75) is 46.2 Å². The van der Waals surface area contributed by atoms with E-state index in [1.807, 2.05) is 13.8 Å². The molecule has 1 aliphatic rings. The third-order valence-corrected chi connectivity index (χ3v) is 5.04. The second-order valence-corrected chi connectivity index (χ2v) is 6.64. The molecule has 1 aromatic heterocycles. The van der Waals surface area contributed by atoms with Gasteiger partial charge in [-0.05, 0) is 57.8 Å². The van der Waals surface area contributed by atoms with E-state index in [0.29, 0.717) is 6.04 Å². The van der Waals surface area contributed by atoms with Gasteiger partial charge in [0, 0.05) is 17.3 Å². The SMILES string of the molecule is Cc1nn(CC(=O)O)c(C)c1-c1ccc(C(C)N2CCCC2)cc1. The molecule has 0 bridgehead atoms. The number of nitrogens with zero attached hydrogens (tertiary/aromatic N) is 3. The summed E-state index contributed by atoms with van der Waals surface area (Å²) in [4.78, 5) is 13.5. The van der Waals surface area contributed by atoms with Crippen molar-refractivity contribution in [3.05, 3.63) is 41.2 Å². The molecule has 0 aliphatic carbocycles. The summed E-state index contributed by atoms with van der Waals surface area (Å²) in [6, 6.07) is 9.07. The van der Waals surface area contributed by atoms with E-state index in [1.165, 1.54) is 31.5 Å². The Morgan fingerprint density at radius 2 is 1.83 bits per heavy atom. The zero-order chi connectivity index (χ0) is 17.3. The number of benzene rings is 1. The predicted octanol–water partition coefficient (Wildman–Crippen LogP) is 3.41. The van der Waals surface area contributed by atoms with E-state index in [2.05, 4.69) is 41.2 Å². The molecule has 1 atom stereocenters. The number of aliphatic carboxylic acids is 1. The van der Waals surface area contributed by atoms with Crippen LogP contribution in [0, 0.1) is 13.8 Å². The fourth-order valence-corrected chi connectivity index (χ4v) is 3.66. The fourth-order valence-electron chi connectivity index (χ4n) is 3.66. The number of rotatable bonds is 5. The summed E-state index contributed by atoms with van der Waals surface area (Å²) < 4.78 is 1.56. The molecule has 1 fully saturated rings. The summed E-state index contributed by atoms with van der Waals surface area (Å²) in [5, 5.41) is 13.4. The van der Waals surface area contributed by atoms with Crippen LogP contribution < -0.4 is 0 Å². The summed E-state index contributed by atoms with van der Waals surface area (Å²) in [5.74, 6) is -0.873. The van der Waals surface area contributed by atoms with Crippen molar-refractivity contribution >= 4 is 5.97 Å². The standard InChI is InChI=1S/C19H25N3O2/c1-13-19(15(3)22(20-13)12-18(23)24)17-8-6-16(7-9-17)14(2)21-10-4-5-11-21/h6-9,14H,4-5,10-12H2,1-3H3,(H,23,24). The van der Waals surface area contributed by atoms with Crippen LogP contribution in [0.1, 0.15) is 42.8 Å². The van der Waals surface area contributed by atoms with Crippen LogP contribution in [0.25, 0.3) is 11.1 Å². The molecule has 128 valence electrons. The third kappa shape index (κ3) is 3.22. The molecule has 1 aromatic carbocycles. The molecule has 0 radical (unpaired) electrons. The van der Waals surface area contributed by atoms with Crippen LogP contribution in [0.3, 0.4) is 0 Å². The third-order valence-electron chi connectivity index (χ3n) is 5.04. The number of carboxylic acid groups (broad SMARTS) is 1. The minimum absolute atomic E-state index is 0.100. The van der Waals surface area contributed by atoms with Crippen molar-refractivity contribution in [1.82, 2.24) is 14.7 Å². The average Bonchev–Trinajstić information content (AvgIpc) is 3.16. The lowest BCUT2D eigenvalue weighted by molar-refractivity contribution is -0.137. The van der Waals surface area contributed by atoms with E-state index in [4.69, 9.17) is 5.11 Å². The molecule has 5 heteroatoms. The number of carboxylic acids is 1. The summed E-state index contributed by atoms with van der Waals surface area (Å²) in [7, 11) is 0. The normalized spacial score (nSPS) is 16.5. The summed E-state index contributed by atoms with van der Waals surface area (Å²) in [6.07, 6.45) is 2.59. The second kappa shape index (κ2) is 6.77. The van der Waals surface area contributed by atoms with Crippen molar-refractivity contribution < 1.29 is 9.90 Å². The van der Waals surface area contributed by atoms with Crippen LogP contribution in [0.5, 0.6) is 0 Å². The van der Waals surface area contributed by atoms with Crippen molar-refractivity contribution in [3.63, 3.8) is 0 Å². The van der Waals surface area contributed by atoms with Crippen LogP contribution in [-0.2, 0) is 11.3 Å². The number of carbonyl (C=O) groups is 1. The lowest BCUT2D eigenvalue weighted by Crippen LogP contribution is -2.23. The Morgan fingerprint density at radius 1 is 1.21 bits per heavy atom. The van der Waals surface area contributed by atoms with Gasteiger partial charge < -0.3 is 5.11 Å². The van der Waals surface area contributed by atoms with Gasteiger partial charge in [0.05, 0.1) is 5.69 Å². The van der Waals surface area contributed by atoms with E-state index in [-0.39, 0.29) is 6.54 Å². The first-order valence-corrected chi connectivity index (χ1v) is 8.57. The van der Waals surface area contributed by atoms with Crippen LogP contribution in [-0.4, -0.2) is 38.8 Å². The minimum Gasteiger partial charge on any atom is -0.480 e. The Balaban J connectivity index is 1.85. The lowest BCUT2D eigenvalue weighted by Gasteiger charge is -2.24. The topological polar surface area (TPSA) is 58.4 Å². The molecular weight excluding hydrogens is 302 g/mol. The fraction of sp³-hybridized carbons (Fsp3) is 0.474. The molecular formula is C19H25N3O2. The first-order chi connectivity index (χ1) is 11.5. The number of aryl methyl sites for hydroxylation is 1. The van der Waals surface area contributed by atoms with Gasteiger partial charge >= 0.3 is 5.97 Å². The van der Waals surface area contributed by atoms with Crippen LogP contribution in [0.15, 0.2) is 24.3 Å². The smallest absolute Gasteiger partial charge is 0.325 e. The number of hydrogen-bond acceptors (Lipinski definition) is 3. The van der Waals surface area contributed by atoms with E-state index in [0.717, 1.165) is 22.5 Å². The summed E-state index contributed by atoms with van der Waals surface area (Å²) in [6.45, 7) is 8.39. The molecule has 0 spiro atoms. The Hall–Kier alpha value is -2.14. The van der Waals surface area contributed by atoms with Crippen LogP contribution in [0.2, 0.25) is 0 Å². The van der Waals surface area contributed by atoms with Crippen LogP contribution in [0.4, 0.5) is 0 Å². The minimum atomic E-state index is -0.873. The Morgan fingerprint density at radius 3 is 2.42 bits per heavy atom. The molecule has 1 saturated heterocycles. The molecule has 1 unspecified atom stereocenters. The molecule has 2 heterocycles. The largest absolute Gasteiger partial charge is 0.480 e. The molecule has 3 rings (SSSR count). The Kier molecular flexibility index (Phi) is 4.71. The Labute approximate surface area is 142 Å². The summed E-state index contributed by atoms with van der Waals surface area (Å²) >= 11 is 0. The molecule has 1 aliphatic heterocycles. The van der Waals surface area contributed by atoms with E-state index in [1.54, 1.807) is 4.68 Å². The zero-order valence-electron chi connectivity index (χ0n) is 14.6. The van der Waals surface area contributed by atoms with Gasteiger partial charge in [0.15, 0.2) is 0 Å². The van der Waals surface area contributed by atoms with Gasteiger partial charge in [-0.3, -0.25) is 14.4 Å². The Bertz CT molecular complexity index is 728. The monoisotopic (exact) mass is 327 g/mol. The number of hydrogen-bond donors (Lipinski definition) is 1. The van der Waals surface area contributed by atoms with E-state index in [9.17, 15) is 4.79 Å². The molecule has 24 heavy (non-hydrogen) atoms. The molecule has 0 saturated carbocycles. The van der Waals surface area contributed by atoms with Gasteiger partial charge in [-0.15, -0.1) is 0 Å². The highest BCUT2D eigenvalue weighted by Gasteiger charge is 2.20. The predicted molar refractivity (Wildman–Crippen MR) is 94.0 cm³/mol. The van der Waals surface area contributed by atoms with Gasteiger partial charge in [0.2, 0.25) is 0 Å². The van der Waals surface area contributed by atoms with Crippen molar-refractivity contribution in [2.75, 3.05) is 13.1 Å². The van der Waals surface area contributed by atoms with Gasteiger partial charge in [-0.1, -0.05) is 24.3 Å². The maximum atomic E-state index is 11.0. The van der Waals surface area contributed by atoms with Gasteiger partial charge in [0.25, 0.3) is 0 Å². The zero-order valence-corrected chi connectivity index (χ0v) is 14.6. The van der Waals surface area contributed by atoms with Crippen molar-refractivity contribution in [3.8, 4) is 11.1 Å². The van der Waals surface area contributed by atoms with Gasteiger partial charge in [0.1, 0.15) is 6.54 Å². The van der Waals surface area contributed by atoms with Gasteiger partial charge in [-0.25, -0.2) is 0 Å². The average molecular weight is 327 g/mol. The summed E-state index contributed by atoms with van der Waals surface area (Å²) in [5.41, 5.74) is 5.23. The highest BCUT2D eigenvalue weighted by Crippen LogP contribution is 2.30. The first kappa shape index (κ1) is 16.7.